The SMILES string of the molecule is CC(C)(F)C1CN([C]=O)C1. The van der Waals surface area contributed by atoms with Crippen LogP contribution in [0.5, 0.6) is 0 Å². The summed E-state index contributed by atoms with van der Waals surface area (Å²) in [6, 6.07) is 0. The van der Waals surface area contributed by atoms with E-state index in [9.17, 15) is 9.18 Å². The number of alkyl halides is 1. The molecule has 1 aliphatic rings. The number of rotatable bonds is 2. The topological polar surface area (TPSA) is 20.3 Å². The molecule has 1 amide bonds. The van der Waals surface area contributed by atoms with Gasteiger partial charge in [-0.25, -0.2) is 4.39 Å². The highest BCUT2D eigenvalue weighted by atomic mass is 19.1. The van der Waals surface area contributed by atoms with Gasteiger partial charge < -0.3 is 4.90 Å². The Morgan fingerprint density at radius 2 is 2.10 bits per heavy atom. The van der Waals surface area contributed by atoms with Crippen molar-refractivity contribution < 1.29 is 9.18 Å². The van der Waals surface area contributed by atoms with Crippen LogP contribution in [0.2, 0.25) is 0 Å². The predicted octanol–water partition coefficient (Wildman–Crippen LogP) is 0.734. The summed E-state index contributed by atoms with van der Waals surface area (Å²) in [5, 5.41) is 0. The fourth-order valence-corrected chi connectivity index (χ4v) is 0.987. The van der Waals surface area contributed by atoms with Crippen LogP contribution in [-0.4, -0.2) is 30.1 Å². The fourth-order valence-electron chi connectivity index (χ4n) is 0.987. The quantitative estimate of drug-likeness (QED) is 0.559. The van der Waals surface area contributed by atoms with E-state index in [4.69, 9.17) is 0 Å². The zero-order valence-corrected chi connectivity index (χ0v) is 6.22. The molecular weight excluding hydrogens is 133 g/mol. The number of carbonyl (C=O) groups excluding carboxylic acids is 1. The largest absolute Gasteiger partial charge is 0.334 e. The van der Waals surface area contributed by atoms with Crippen LogP contribution in [-0.2, 0) is 4.79 Å². The van der Waals surface area contributed by atoms with Gasteiger partial charge in [-0.15, -0.1) is 0 Å². The van der Waals surface area contributed by atoms with Crippen LogP contribution < -0.4 is 0 Å². The van der Waals surface area contributed by atoms with E-state index in [-0.39, 0.29) is 5.92 Å². The van der Waals surface area contributed by atoms with Gasteiger partial charge in [0.05, 0.1) is 0 Å². The van der Waals surface area contributed by atoms with E-state index >= 15 is 0 Å². The summed E-state index contributed by atoms with van der Waals surface area (Å²) in [6.45, 7) is 4.12. The second-order valence-electron chi connectivity index (χ2n) is 3.26. The smallest absolute Gasteiger partial charge is 0.312 e. The molecule has 0 atom stereocenters. The van der Waals surface area contributed by atoms with Crippen molar-refractivity contribution in [1.29, 1.82) is 0 Å². The van der Waals surface area contributed by atoms with E-state index < -0.39 is 5.67 Å². The Labute approximate surface area is 60.0 Å². The number of hydrogen-bond acceptors (Lipinski definition) is 1. The first-order chi connectivity index (χ1) is 4.54. The summed E-state index contributed by atoms with van der Waals surface area (Å²) in [5.41, 5.74) is -1.15. The first-order valence-electron chi connectivity index (χ1n) is 3.35. The average molecular weight is 144 g/mol. The second-order valence-corrected chi connectivity index (χ2v) is 3.26. The third-order valence-corrected chi connectivity index (χ3v) is 1.98. The predicted molar refractivity (Wildman–Crippen MR) is 35.9 cm³/mol. The lowest BCUT2D eigenvalue weighted by molar-refractivity contribution is 0.0291. The molecule has 0 spiro atoms. The molecule has 1 saturated heterocycles. The molecule has 1 aliphatic heterocycles. The van der Waals surface area contributed by atoms with Crippen molar-refractivity contribution in [2.24, 2.45) is 5.92 Å². The summed E-state index contributed by atoms with van der Waals surface area (Å²) in [6.07, 6.45) is 1.72. The first kappa shape index (κ1) is 7.51. The maximum atomic E-state index is 13.0. The maximum Gasteiger partial charge on any atom is 0.312 e. The normalized spacial score (nSPS) is 20.5. The zero-order valence-electron chi connectivity index (χ0n) is 6.22. The van der Waals surface area contributed by atoms with Crippen LogP contribution in [0, 0.1) is 5.92 Å². The van der Waals surface area contributed by atoms with Crippen LogP contribution in [0.4, 0.5) is 4.39 Å². The molecular formula is C7H11FNO. The minimum atomic E-state index is -1.15. The lowest BCUT2D eigenvalue weighted by atomic mass is 9.86. The van der Waals surface area contributed by atoms with Crippen molar-refractivity contribution in [1.82, 2.24) is 4.90 Å². The number of likely N-dealkylation sites (tertiary alicyclic amines) is 1. The monoisotopic (exact) mass is 144 g/mol. The molecule has 0 N–H and O–H groups in total. The van der Waals surface area contributed by atoms with Crippen molar-refractivity contribution in [3.63, 3.8) is 0 Å². The van der Waals surface area contributed by atoms with Gasteiger partial charge in [0.1, 0.15) is 5.67 Å². The lowest BCUT2D eigenvalue weighted by Crippen LogP contribution is -2.53. The molecule has 0 aromatic carbocycles. The molecule has 0 saturated carbocycles. The summed E-state index contributed by atoms with van der Waals surface area (Å²) in [5.74, 6) is 0.00829. The molecule has 0 bridgehead atoms. The molecule has 0 unspecified atom stereocenters. The van der Waals surface area contributed by atoms with Crippen LogP contribution >= 0.6 is 0 Å². The van der Waals surface area contributed by atoms with Crippen LogP contribution in [0.25, 0.3) is 0 Å². The summed E-state index contributed by atoms with van der Waals surface area (Å²) in [4.78, 5) is 11.4. The van der Waals surface area contributed by atoms with E-state index in [2.05, 4.69) is 0 Å². The van der Waals surface area contributed by atoms with Gasteiger partial charge >= 0.3 is 6.41 Å². The van der Waals surface area contributed by atoms with Crippen molar-refractivity contribution in [3.8, 4) is 0 Å². The molecule has 0 aromatic rings. The summed E-state index contributed by atoms with van der Waals surface area (Å²) in [7, 11) is 0. The van der Waals surface area contributed by atoms with Crippen LogP contribution in [0.1, 0.15) is 13.8 Å². The van der Waals surface area contributed by atoms with E-state index in [0.717, 1.165) is 0 Å². The number of amides is 1. The van der Waals surface area contributed by atoms with Crippen molar-refractivity contribution in [2.75, 3.05) is 13.1 Å². The highest BCUT2D eigenvalue weighted by molar-refractivity contribution is 5.49. The minimum Gasteiger partial charge on any atom is -0.334 e. The molecule has 1 heterocycles. The fraction of sp³-hybridized carbons (Fsp3) is 0.857. The number of nitrogens with zero attached hydrogens (tertiary/aromatic N) is 1. The Hall–Kier alpha value is -0.600. The molecule has 3 heteroatoms. The van der Waals surface area contributed by atoms with Crippen molar-refractivity contribution in [2.45, 2.75) is 19.5 Å². The maximum absolute atomic E-state index is 13.0. The molecule has 57 valence electrons. The minimum absolute atomic E-state index is 0.00829. The summed E-state index contributed by atoms with van der Waals surface area (Å²) < 4.78 is 13.0. The zero-order chi connectivity index (χ0) is 7.78. The number of halogens is 1. The number of hydrogen-bond donors (Lipinski definition) is 0. The summed E-state index contributed by atoms with van der Waals surface area (Å²) >= 11 is 0. The lowest BCUT2D eigenvalue weighted by Gasteiger charge is -2.41. The molecule has 0 aliphatic carbocycles. The van der Waals surface area contributed by atoms with Crippen molar-refractivity contribution in [3.05, 3.63) is 0 Å². The Balaban J connectivity index is 2.32. The Morgan fingerprint density at radius 3 is 2.40 bits per heavy atom. The van der Waals surface area contributed by atoms with Gasteiger partial charge in [-0.05, 0) is 13.8 Å². The third-order valence-electron chi connectivity index (χ3n) is 1.98. The standard InChI is InChI=1S/C7H11FNO/c1-7(2,8)6-3-9(4-6)5-10/h6H,3-4H2,1-2H3. The highest BCUT2D eigenvalue weighted by Gasteiger charge is 2.38. The van der Waals surface area contributed by atoms with Crippen LogP contribution in [0.3, 0.4) is 0 Å². The molecule has 10 heavy (non-hydrogen) atoms. The van der Waals surface area contributed by atoms with E-state index in [1.165, 1.54) is 4.90 Å². The van der Waals surface area contributed by atoms with E-state index in [1.807, 2.05) is 0 Å². The van der Waals surface area contributed by atoms with Gasteiger partial charge in [0.2, 0.25) is 0 Å². The van der Waals surface area contributed by atoms with E-state index in [0.29, 0.717) is 13.1 Å². The Morgan fingerprint density at radius 1 is 1.60 bits per heavy atom. The third kappa shape index (κ3) is 1.28. The molecule has 2 nitrogen and oxygen atoms in total. The Kier molecular flexibility index (Phi) is 1.67. The Bertz CT molecular complexity index is 135. The van der Waals surface area contributed by atoms with E-state index in [1.54, 1.807) is 20.3 Å². The highest BCUT2D eigenvalue weighted by Crippen LogP contribution is 2.28. The van der Waals surface area contributed by atoms with Crippen molar-refractivity contribution >= 4 is 6.41 Å². The van der Waals surface area contributed by atoms with Gasteiger partial charge in [0.15, 0.2) is 0 Å². The molecule has 1 fully saturated rings. The van der Waals surface area contributed by atoms with Gasteiger partial charge in [0, 0.05) is 19.0 Å². The first-order valence-corrected chi connectivity index (χ1v) is 3.35. The molecule has 1 radical (unpaired) electrons. The van der Waals surface area contributed by atoms with Crippen LogP contribution in [0.15, 0.2) is 0 Å². The molecule has 1 rings (SSSR count). The van der Waals surface area contributed by atoms with Gasteiger partial charge in [0.25, 0.3) is 0 Å². The van der Waals surface area contributed by atoms with Gasteiger partial charge in [-0.2, -0.15) is 0 Å². The second kappa shape index (κ2) is 2.22. The van der Waals surface area contributed by atoms with Gasteiger partial charge in [-0.3, -0.25) is 4.79 Å². The molecule has 0 aromatic heterocycles. The van der Waals surface area contributed by atoms with Gasteiger partial charge in [-0.1, -0.05) is 0 Å². The average Bonchev–Trinajstić information content (AvgIpc) is 1.57.